The number of morpholine rings is 1. The number of amides is 1. The van der Waals surface area contributed by atoms with Crippen LogP contribution in [-0.2, 0) is 4.74 Å². The molecule has 0 saturated carbocycles. The minimum Gasteiger partial charge on any atom is -0.376 e. The molecule has 8 heteroatoms. The molecule has 142 valence electrons. The summed E-state index contributed by atoms with van der Waals surface area (Å²) in [5.74, 6) is 0.657. The normalized spacial score (nSPS) is 30.2. The Labute approximate surface area is 154 Å². The summed E-state index contributed by atoms with van der Waals surface area (Å²) in [7, 11) is 2.08. The topological polar surface area (TPSA) is 73.8 Å². The minimum absolute atomic E-state index is 0.0275. The van der Waals surface area contributed by atoms with Crippen LogP contribution in [0, 0.1) is 0 Å². The van der Waals surface area contributed by atoms with E-state index in [1.165, 1.54) is 0 Å². The van der Waals surface area contributed by atoms with Crippen molar-refractivity contribution in [2.24, 2.45) is 0 Å². The van der Waals surface area contributed by atoms with Gasteiger partial charge in [-0.05, 0) is 20.4 Å². The number of nitrogens with zero attached hydrogens (tertiary/aromatic N) is 5. The van der Waals surface area contributed by atoms with Crippen LogP contribution in [0.2, 0.25) is 0 Å². The van der Waals surface area contributed by atoms with E-state index in [0.29, 0.717) is 29.7 Å². The van der Waals surface area contributed by atoms with Crippen molar-refractivity contribution in [3.8, 4) is 0 Å². The lowest BCUT2D eigenvalue weighted by Gasteiger charge is -2.33. The number of hydrogen-bond acceptors (Lipinski definition) is 7. The molecule has 3 aliphatic rings. The summed E-state index contributed by atoms with van der Waals surface area (Å²) in [5.41, 5.74) is 0.423. The Morgan fingerprint density at radius 3 is 2.85 bits per heavy atom. The number of ether oxygens (including phenoxy) is 1. The highest BCUT2D eigenvalue weighted by atomic mass is 16.5. The highest BCUT2D eigenvalue weighted by Gasteiger charge is 2.36. The third-order valence-corrected chi connectivity index (χ3v) is 5.59. The molecule has 3 atom stereocenters. The fraction of sp³-hybridized carbons (Fsp3) is 0.722. The number of hydrogen-bond donors (Lipinski definition) is 1. The molecule has 3 aliphatic heterocycles. The Balaban J connectivity index is 1.38. The van der Waals surface area contributed by atoms with Crippen LogP contribution in [-0.4, -0.2) is 102 Å². The lowest BCUT2D eigenvalue weighted by Crippen LogP contribution is -2.47. The molecule has 1 amide bonds. The Kier molecular flexibility index (Phi) is 5.06. The van der Waals surface area contributed by atoms with Gasteiger partial charge in [-0.15, -0.1) is 0 Å². The Hall–Kier alpha value is -1.77. The van der Waals surface area contributed by atoms with Crippen molar-refractivity contribution in [3.63, 3.8) is 0 Å². The van der Waals surface area contributed by atoms with Crippen molar-refractivity contribution in [1.82, 2.24) is 24.7 Å². The summed E-state index contributed by atoms with van der Waals surface area (Å²) in [5, 5.41) is 3.47. The van der Waals surface area contributed by atoms with Gasteiger partial charge in [0.2, 0.25) is 0 Å². The van der Waals surface area contributed by atoms with Gasteiger partial charge < -0.3 is 19.9 Å². The summed E-state index contributed by atoms with van der Waals surface area (Å²) in [6.07, 6.45) is 4.61. The number of carbonyl (C=O) groups is 1. The van der Waals surface area contributed by atoms with E-state index in [4.69, 9.17) is 4.74 Å². The maximum absolute atomic E-state index is 12.7. The van der Waals surface area contributed by atoms with Gasteiger partial charge in [0, 0.05) is 51.4 Å². The molecule has 1 N–H and O–H groups in total. The smallest absolute Gasteiger partial charge is 0.274 e. The molecule has 3 saturated heterocycles. The van der Waals surface area contributed by atoms with E-state index < -0.39 is 0 Å². The van der Waals surface area contributed by atoms with Crippen LogP contribution < -0.4 is 5.32 Å². The summed E-state index contributed by atoms with van der Waals surface area (Å²) in [6.45, 7) is 8.17. The quantitative estimate of drug-likeness (QED) is 0.822. The van der Waals surface area contributed by atoms with E-state index >= 15 is 0 Å². The number of anilines is 1. The average molecular weight is 360 g/mol. The second-order valence-electron chi connectivity index (χ2n) is 7.71. The molecule has 0 spiro atoms. The van der Waals surface area contributed by atoms with Gasteiger partial charge >= 0.3 is 0 Å². The third-order valence-electron chi connectivity index (χ3n) is 5.59. The molecule has 4 heterocycles. The fourth-order valence-electron chi connectivity index (χ4n) is 4.06. The van der Waals surface area contributed by atoms with Gasteiger partial charge in [0.05, 0.1) is 25.1 Å². The second-order valence-corrected chi connectivity index (χ2v) is 7.71. The van der Waals surface area contributed by atoms with E-state index in [9.17, 15) is 4.79 Å². The summed E-state index contributed by atoms with van der Waals surface area (Å²) < 4.78 is 5.76. The van der Waals surface area contributed by atoms with E-state index in [0.717, 1.165) is 52.3 Å². The molecule has 4 rings (SSSR count). The molecule has 1 aromatic rings. The van der Waals surface area contributed by atoms with Gasteiger partial charge in [-0.25, -0.2) is 4.98 Å². The third kappa shape index (κ3) is 3.82. The van der Waals surface area contributed by atoms with Gasteiger partial charge in [-0.3, -0.25) is 14.7 Å². The maximum Gasteiger partial charge on any atom is 0.274 e. The minimum atomic E-state index is -0.0275. The lowest BCUT2D eigenvalue weighted by molar-refractivity contribution is -0.0390. The van der Waals surface area contributed by atoms with Crippen LogP contribution in [0.1, 0.15) is 23.8 Å². The molecule has 0 unspecified atom stereocenters. The number of aromatic nitrogens is 2. The summed E-state index contributed by atoms with van der Waals surface area (Å²) in [6, 6.07) is 0.795. The molecule has 8 nitrogen and oxygen atoms in total. The van der Waals surface area contributed by atoms with E-state index in [1.807, 2.05) is 4.90 Å². The first-order chi connectivity index (χ1) is 12.6. The first-order valence-electron chi connectivity index (χ1n) is 9.50. The Morgan fingerprint density at radius 2 is 2.04 bits per heavy atom. The van der Waals surface area contributed by atoms with Crippen LogP contribution in [0.3, 0.4) is 0 Å². The zero-order valence-electron chi connectivity index (χ0n) is 15.6. The predicted molar refractivity (Wildman–Crippen MR) is 98.2 cm³/mol. The van der Waals surface area contributed by atoms with Crippen molar-refractivity contribution in [2.45, 2.75) is 31.5 Å². The first-order valence-corrected chi connectivity index (χ1v) is 9.50. The monoisotopic (exact) mass is 360 g/mol. The fourth-order valence-corrected chi connectivity index (χ4v) is 4.06. The van der Waals surface area contributed by atoms with Crippen LogP contribution in [0.4, 0.5) is 5.82 Å². The van der Waals surface area contributed by atoms with Crippen LogP contribution in [0.25, 0.3) is 0 Å². The van der Waals surface area contributed by atoms with Gasteiger partial charge in [0.25, 0.3) is 5.91 Å². The van der Waals surface area contributed by atoms with Crippen LogP contribution >= 0.6 is 0 Å². The molecule has 26 heavy (non-hydrogen) atoms. The molecule has 0 aromatic carbocycles. The SMILES string of the molecule is C[C@H]1CN2C[C@H](Nc3cncc(C(=O)N4CCN(C)CC4)n3)C[C@H]2CO1. The zero-order valence-corrected chi connectivity index (χ0v) is 15.6. The van der Waals surface area contributed by atoms with Gasteiger partial charge in [-0.1, -0.05) is 0 Å². The van der Waals surface area contributed by atoms with Crippen molar-refractivity contribution >= 4 is 11.7 Å². The van der Waals surface area contributed by atoms with Crippen molar-refractivity contribution in [3.05, 3.63) is 18.1 Å². The zero-order chi connectivity index (χ0) is 18.1. The molecular weight excluding hydrogens is 332 g/mol. The number of rotatable bonds is 3. The molecular formula is C18H28N6O2. The van der Waals surface area contributed by atoms with Crippen molar-refractivity contribution in [2.75, 3.05) is 58.2 Å². The first kappa shape index (κ1) is 17.6. The molecule has 3 fully saturated rings. The van der Waals surface area contributed by atoms with Gasteiger partial charge in [0.1, 0.15) is 11.5 Å². The summed E-state index contributed by atoms with van der Waals surface area (Å²) >= 11 is 0. The highest BCUT2D eigenvalue weighted by Crippen LogP contribution is 2.25. The van der Waals surface area contributed by atoms with E-state index in [1.54, 1.807) is 12.4 Å². The lowest BCUT2D eigenvalue weighted by atomic mass is 10.1. The standard InChI is InChI=1S/C18H28N6O2/c1-13-10-24-11-14(7-15(24)12-26-13)20-17-9-19-8-16(21-17)18(25)23-5-3-22(2)4-6-23/h8-9,13-15H,3-7,10-12H2,1-2H3,(H,20,21)/t13-,14+,15-/m0/s1. The van der Waals surface area contributed by atoms with Crippen LogP contribution in [0.15, 0.2) is 12.4 Å². The predicted octanol–water partition coefficient (Wildman–Crippen LogP) is 0.138. The molecule has 0 bridgehead atoms. The summed E-state index contributed by atoms with van der Waals surface area (Å²) in [4.78, 5) is 28.0. The highest BCUT2D eigenvalue weighted by molar-refractivity contribution is 5.92. The van der Waals surface area contributed by atoms with Crippen molar-refractivity contribution in [1.29, 1.82) is 0 Å². The number of likely N-dealkylation sites (N-methyl/N-ethyl adjacent to an activating group) is 1. The van der Waals surface area contributed by atoms with Gasteiger partial charge in [0.15, 0.2) is 0 Å². The number of nitrogens with one attached hydrogen (secondary N) is 1. The number of carbonyl (C=O) groups excluding carboxylic acids is 1. The molecule has 0 aliphatic carbocycles. The Bertz CT molecular complexity index is 648. The van der Waals surface area contributed by atoms with E-state index in [2.05, 4.69) is 39.1 Å². The van der Waals surface area contributed by atoms with Crippen LogP contribution in [0.5, 0.6) is 0 Å². The maximum atomic E-state index is 12.7. The molecule has 0 radical (unpaired) electrons. The largest absolute Gasteiger partial charge is 0.376 e. The number of fused-ring (bicyclic) bond motifs is 1. The van der Waals surface area contributed by atoms with Crippen molar-refractivity contribution < 1.29 is 9.53 Å². The molecule has 1 aromatic heterocycles. The number of piperazine rings is 1. The van der Waals surface area contributed by atoms with Gasteiger partial charge in [-0.2, -0.15) is 0 Å². The second kappa shape index (κ2) is 7.46. The van der Waals surface area contributed by atoms with E-state index in [-0.39, 0.29) is 5.91 Å². The average Bonchev–Trinajstić information content (AvgIpc) is 3.03. The Morgan fingerprint density at radius 1 is 1.23 bits per heavy atom.